The number of anilines is 2. The lowest BCUT2D eigenvalue weighted by molar-refractivity contribution is -0.123. The molecule has 2 amide bonds. The number of nitrogens with one attached hydrogen (secondary N) is 2. The van der Waals surface area contributed by atoms with Crippen LogP contribution in [0.1, 0.15) is 19.8 Å². The van der Waals surface area contributed by atoms with Crippen molar-refractivity contribution >= 4 is 39.1 Å². The average molecular weight is 430 g/mol. The summed E-state index contributed by atoms with van der Waals surface area (Å²) in [4.78, 5) is 27.1. The molecule has 3 rings (SSSR count). The van der Waals surface area contributed by atoms with Crippen LogP contribution in [0, 0.1) is 5.92 Å². The lowest BCUT2D eigenvalue weighted by Crippen LogP contribution is -2.47. The Labute approximate surface area is 168 Å². The van der Waals surface area contributed by atoms with E-state index in [2.05, 4.69) is 31.5 Å². The van der Waals surface area contributed by atoms with Crippen molar-refractivity contribution in [1.29, 1.82) is 0 Å². The number of benzene rings is 2. The van der Waals surface area contributed by atoms with Crippen LogP contribution < -0.4 is 10.6 Å². The first kappa shape index (κ1) is 19.6. The van der Waals surface area contributed by atoms with E-state index in [1.165, 1.54) is 0 Å². The molecule has 1 aliphatic heterocycles. The van der Waals surface area contributed by atoms with Gasteiger partial charge in [0.05, 0.1) is 6.04 Å². The predicted octanol–water partition coefficient (Wildman–Crippen LogP) is 4.13. The molecule has 2 aromatic rings. The first-order chi connectivity index (χ1) is 13.0. The standard InChI is InChI=1S/C21H24BrN3O2/c1-15(20(26)23-19-9-7-17(22)8-10-19)25-13-11-16(12-14-25)21(27)24-18-5-3-2-4-6-18/h2-10,15-16H,11-14H2,1H3,(H,23,26)(H,24,27)/t15-/m0/s1. The van der Waals surface area contributed by atoms with Crippen LogP contribution in [0.2, 0.25) is 0 Å². The fourth-order valence-electron chi connectivity index (χ4n) is 3.26. The molecule has 1 heterocycles. The Kier molecular flexibility index (Phi) is 6.63. The van der Waals surface area contributed by atoms with Crippen molar-refractivity contribution in [3.05, 3.63) is 59.1 Å². The minimum Gasteiger partial charge on any atom is -0.326 e. The molecule has 2 N–H and O–H groups in total. The van der Waals surface area contributed by atoms with Crippen LogP contribution in [-0.2, 0) is 9.59 Å². The van der Waals surface area contributed by atoms with Crippen molar-refractivity contribution in [3.63, 3.8) is 0 Å². The van der Waals surface area contributed by atoms with Gasteiger partial charge in [-0.2, -0.15) is 0 Å². The summed E-state index contributed by atoms with van der Waals surface area (Å²) in [5.41, 5.74) is 1.61. The van der Waals surface area contributed by atoms with Crippen molar-refractivity contribution in [2.45, 2.75) is 25.8 Å². The smallest absolute Gasteiger partial charge is 0.241 e. The fraction of sp³-hybridized carbons (Fsp3) is 0.333. The highest BCUT2D eigenvalue weighted by Crippen LogP contribution is 2.22. The van der Waals surface area contributed by atoms with Gasteiger partial charge in [-0.1, -0.05) is 34.1 Å². The number of carbonyl (C=O) groups excluding carboxylic acids is 2. The third-order valence-electron chi connectivity index (χ3n) is 4.98. The van der Waals surface area contributed by atoms with E-state index in [1.807, 2.05) is 61.5 Å². The van der Waals surface area contributed by atoms with Gasteiger partial charge in [-0.15, -0.1) is 0 Å². The molecule has 142 valence electrons. The maximum Gasteiger partial charge on any atom is 0.241 e. The highest BCUT2D eigenvalue weighted by Gasteiger charge is 2.29. The third-order valence-corrected chi connectivity index (χ3v) is 5.51. The molecule has 1 aliphatic rings. The number of likely N-dealkylation sites (tertiary alicyclic amines) is 1. The van der Waals surface area contributed by atoms with Gasteiger partial charge in [0.2, 0.25) is 11.8 Å². The van der Waals surface area contributed by atoms with Crippen LogP contribution in [0.3, 0.4) is 0 Å². The van der Waals surface area contributed by atoms with Crippen LogP contribution in [0.4, 0.5) is 11.4 Å². The van der Waals surface area contributed by atoms with Crippen LogP contribution in [-0.4, -0.2) is 35.8 Å². The fourth-order valence-corrected chi connectivity index (χ4v) is 3.52. The Balaban J connectivity index is 1.48. The number of nitrogens with zero attached hydrogens (tertiary/aromatic N) is 1. The van der Waals surface area contributed by atoms with E-state index in [4.69, 9.17) is 0 Å². The summed E-state index contributed by atoms with van der Waals surface area (Å²) in [6.45, 7) is 3.39. The normalized spacial score (nSPS) is 16.5. The van der Waals surface area contributed by atoms with E-state index in [9.17, 15) is 9.59 Å². The van der Waals surface area contributed by atoms with Crippen molar-refractivity contribution in [1.82, 2.24) is 4.90 Å². The molecule has 1 atom stereocenters. The molecule has 0 aliphatic carbocycles. The van der Waals surface area contributed by atoms with Gasteiger partial charge >= 0.3 is 0 Å². The van der Waals surface area contributed by atoms with E-state index in [-0.39, 0.29) is 23.8 Å². The number of piperidine rings is 1. The van der Waals surface area contributed by atoms with Gasteiger partial charge in [0.1, 0.15) is 0 Å². The second kappa shape index (κ2) is 9.15. The molecule has 5 nitrogen and oxygen atoms in total. The molecule has 2 aromatic carbocycles. The summed E-state index contributed by atoms with van der Waals surface area (Å²) in [6.07, 6.45) is 1.52. The number of halogens is 1. The largest absolute Gasteiger partial charge is 0.326 e. The SMILES string of the molecule is C[C@@H](C(=O)Nc1ccc(Br)cc1)N1CCC(C(=O)Nc2ccccc2)CC1. The summed E-state index contributed by atoms with van der Waals surface area (Å²) >= 11 is 3.39. The molecule has 1 fully saturated rings. The Hall–Kier alpha value is -2.18. The Morgan fingerprint density at radius 3 is 2.19 bits per heavy atom. The molecule has 0 spiro atoms. The minimum atomic E-state index is -0.230. The number of amides is 2. The summed E-state index contributed by atoms with van der Waals surface area (Å²) in [6, 6.07) is 16.8. The maximum atomic E-state index is 12.5. The molecule has 27 heavy (non-hydrogen) atoms. The highest BCUT2D eigenvalue weighted by molar-refractivity contribution is 9.10. The van der Waals surface area contributed by atoms with Crippen LogP contribution >= 0.6 is 15.9 Å². The average Bonchev–Trinajstić information content (AvgIpc) is 2.70. The second-order valence-electron chi connectivity index (χ2n) is 6.84. The van der Waals surface area contributed by atoms with Crippen LogP contribution in [0.15, 0.2) is 59.1 Å². The van der Waals surface area contributed by atoms with Crippen molar-refractivity contribution in [3.8, 4) is 0 Å². The maximum absolute atomic E-state index is 12.5. The predicted molar refractivity (Wildman–Crippen MR) is 112 cm³/mol. The Morgan fingerprint density at radius 1 is 0.963 bits per heavy atom. The molecular weight excluding hydrogens is 406 g/mol. The second-order valence-corrected chi connectivity index (χ2v) is 7.75. The quantitative estimate of drug-likeness (QED) is 0.750. The Bertz CT molecular complexity index is 772. The lowest BCUT2D eigenvalue weighted by Gasteiger charge is -2.34. The zero-order valence-electron chi connectivity index (χ0n) is 15.3. The van der Waals surface area contributed by atoms with Gasteiger partial charge in [0.25, 0.3) is 0 Å². The van der Waals surface area contributed by atoms with Gasteiger partial charge in [-0.3, -0.25) is 14.5 Å². The summed E-state index contributed by atoms with van der Waals surface area (Å²) in [5.74, 6) is 0.0283. The monoisotopic (exact) mass is 429 g/mol. The summed E-state index contributed by atoms with van der Waals surface area (Å²) in [5, 5.41) is 5.93. The summed E-state index contributed by atoms with van der Waals surface area (Å²) in [7, 11) is 0. The number of carbonyl (C=O) groups is 2. The number of para-hydroxylation sites is 1. The van der Waals surface area contributed by atoms with E-state index in [1.54, 1.807) is 0 Å². The lowest BCUT2D eigenvalue weighted by atomic mass is 9.94. The Morgan fingerprint density at radius 2 is 1.56 bits per heavy atom. The van der Waals surface area contributed by atoms with Gasteiger partial charge in [-0.05, 0) is 69.3 Å². The van der Waals surface area contributed by atoms with E-state index in [0.717, 1.165) is 41.8 Å². The van der Waals surface area contributed by atoms with E-state index >= 15 is 0 Å². The van der Waals surface area contributed by atoms with Gasteiger partial charge in [0.15, 0.2) is 0 Å². The zero-order valence-corrected chi connectivity index (χ0v) is 16.9. The highest BCUT2D eigenvalue weighted by atomic mass is 79.9. The molecule has 0 radical (unpaired) electrons. The number of hydrogen-bond acceptors (Lipinski definition) is 3. The molecule has 0 unspecified atom stereocenters. The van der Waals surface area contributed by atoms with Crippen molar-refractivity contribution in [2.75, 3.05) is 23.7 Å². The number of rotatable bonds is 5. The van der Waals surface area contributed by atoms with Gasteiger partial charge in [-0.25, -0.2) is 0 Å². The molecule has 0 aromatic heterocycles. The van der Waals surface area contributed by atoms with Crippen LogP contribution in [0.5, 0.6) is 0 Å². The van der Waals surface area contributed by atoms with Crippen molar-refractivity contribution in [2.24, 2.45) is 5.92 Å². The van der Waals surface area contributed by atoms with Crippen molar-refractivity contribution < 1.29 is 9.59 Å². The van der Waals surface area contributed by atoms with Crippen LogP contribution in [0.25, 0.3) is 0 Å². The van der Waals surface area contributed by atoms with E-state index < -0.39 is 0 Å². The number of hydrogen-bond donors (Lipinski definition) is 2. The molecule has 6 heteroatoms. The topological polar surface area (TPSA) is 61.4 Å². The summed E-state index contributed by atoms with van der Waals surface area (Å²) < 4.78 is 0.976. The van der Waals surface area contributed by atoms with Gasteiger partial charge < -0.3 is 10.6 Å². The first-order valence-electron chi connectivity index (χ1n) is 9.19. The zero-order chi connectivity index (χ0) is 19.2. The molecule has 0 saturated carbocycles. The molecule has 1 saturated heterocycles. The molecular formula is C21H24BrN3O2. The third kappa shape index (κ3) is 5.40. The van der Waals surface area contributed by atoms with E-state index in [0.29, 0.717) is 0 Å². The van der Waals surface area contributed by atoms with Gasteiger partial charge in [0, 0.05) is 21.8 Å². The molecule has 0 bridgehead atoms. The minimum absolute atomic E-state index is 0.0109. The first-order valence-corrected chi connectivity index (χ1v) is 9.98.